The van der Waals surface area contributed by atoms with Crippen LogP contribution in [0.3, 0.4) is 0 Å². The Balaban J connectivity index is 1.68. The van der Waals surface area contributed by atoms with E-state index in [1.807, 2.05) is 24.3 Å². The van der Waals surface area contributed by atoms with E-state index in [9.17, 15) is 0 Å². The second-order valence-electron chi connectivity index (χ2n) is 4.65. The van der Waals surface area contributed by atoms with Crippen molar-refractivity contribution < 1.29 is 9.47 Å². The van der Waals surface area contributed by atoms with Gasteiger partial charge in [0, 0.05) is 17.1 Å². The number of halogens is 1. The van der Waals surface area contributed by atoms with Crippen LogP contribution in [0, 0.1) is 0 Å². The first-order valence-corrected chi connectivity index (χ1v) is 7.86. The lowest BCUT2D eigenvalue weighted by atomic mass is 10.2. The molecule has 0 amide bonds. The Morgan fingerprint density at radius 2 is 2.00 bits per heavy atom. The topological polar surface area (TPSA) is 44.2 Å². The summed E-state index contributed by atoms with van der Waals surface area (Å²) in [6.45, 7) is 0.402. The Labute approximate surface area is 125 Å². The first-order chi connectivity index (χ1) is 9.81. The number of fused-ring (bicyclic) bond motifs is 2. The molecule has 102 valence electrons. The van der Waals surface area contributed by atoms with Gasteiger partial charge in [-0.3, -0.25) is 0 Å². The third-order valence-electron chi connectivity index (χ3n) is 3.34. The van der Waals surface area contributed by atoms with Gasteiger partial charge in [-0.25, -0.2) is 9.97 Å². The van der Waals surface area contributed by atoms with Gasteiger partial charge in [0.25, 0.3) is 0 Å². The van der Waals surface area contributed by atoms with Gasteiger partial charge in [-0.2, -0.15) is 11.8 Å². The molecule has 1 unspecified atom stereocenters. The highest BCUT2D eigenvalue weighted by atomic mass is 35.5. The van der Waals surface area contributed by atoms with E-state index in [1.165, 1.54) is 0 Å². The van der Waals surface area contributed by atoms with Crippen LogP contribution in [0.4, 0.5) is 0 Å². The maximum absolute atomic E-state index is 6.23. The molecule has 0 N–H and O–H groups in total. The fraction of sp³-hybridized carbons (Fsp3) is 0.286. The Morgan fingerprint density at radius 1 is 1.15 bits per heavy atom. The van der Waals surface area contributed by atoms with Crippen molar-refractivity contribution in [3.63, 3.8) is 0 Å². The summed E-state index contributed by atoms with van der Waals surface area (Å²) in [5, 5.41) is 0.539. The molecule has 0 saturated carbocycles. The predicted molar refractivity (Wildman–Crippen MR) is 77.3 cm³/mol. The molecule has 2 aliphatic rings. The van der Waals surface area contributed by atoms with Gasteiger partial charge in [-0.05, 0) is 12.1 Å². The minimum Gasteiger partial charge on any atom is -0.485 e. The van der Waals surface area contributed by atoms with Gasteiger partial charge in [0.2, 0.25) is 0 Å². The fourth-order valence-electron chi connectivity index (χ4n) is 2.32. The van der Waals surface area contributed by atoms with Crippen molar-refractivity contribution in [2.75, 3.05) is 6.61 Å². The van der Waals surface area contributed by atoms with E-state index in [0.717, 1.165) is 34.3 Å². The quantitative estimate of drug-likeness (QED) is 0.756. The van der Waals surface area contributed by atoms with Gasteiger partial charge >= 0.3 is 0 Å². The van der Waals surface area contributed by atoms with Crippen molar-refractivity contribution in [3.8, 4) is 11.5 Å². The Morgan fingerprint density at radius 3 is 2.90 bits per heavy atom. The maximum Gasteiger partial charge on any atom is 0.192 e. The van der Waals surface area contributed by atoms with Gasteiger partial charge in [0.15, 0.2) is 23.4 Å². The van der Waals surface area contributed by atoms with Crippen LogP contribution in [-0.2, 0) is 11.5 Å². The van der Waals surface area contributed by atoms with E-state index >= 15 is 0 Å². The van der Waals surface area contributed by atoms with Gasteiger partial charge in [-0.1, -0.05) is 23.7 Å². The zero-order valence-electron chi connectivity index (χ0n) is 10.5. The van der Waals surface area contributed by atoms with E-state index in [4.69, 9.17) is 21.1 Å². The molecule has 3 heterocycles. The highest BCUT2D eigenvalue weighted by Crippen LogP contribution is 2.37. The SMILES string of the molecule is Clc1nc(C2COc3ccccc3O2)nc2c1CSC2. The highest BCUT2D eigenvalue weighted by Gasteiger charge is 2.27. The first kappa shape index (κ1) is 12.3. The van der Waals surface area contributed by atoms with Crippen molar-refractivity contribution in [2.24, 2.45) is 0 Å². The average molecular weight is 307 g/mol. The fourth-order valence-corrected chi connectivity index (χ4v) is 3.70. The number of nitrogens with zero attached hydrogens (tertiary/aromatic N) is 2. The van der Waals surface area contributed by atoms with E-state index < -0.39 is 0 Å². The number of benzene rings is 1. The Hall–Kier alpha value is -1.46. The number of hydrogen-bond acceptors (Lipinski definition) is 5. The van der Waals surface area contributed by atoms with Crippen molar-refractivity contribution in [3.05, 3.63) is 46.5 Å². The van der Waals surface area contributed by atoms with Crippen LogP contribution in [0.2, 0.25) is 5.15 Å². The lowest BCUT2D eigenvalue weighted by molar-refractivity contribution is 0.0849. The largest absolute Gasteiger partial charge is 0.485 e. The lowest BCUT2D eigenvalue weighted by Gasteiger charge is -2.25. The standard InChI is InChI=1S/C14H11ClN2O2S/c15-13-8-6-20-7-9(8)16-14(17-13)12-5-18-10-3-1-2-4-11(10)19-12/h1-4,12H,5-7H2. The van der Waals surface area contributed by atoms with Crippen LogP contribution < -0.4 is 9.47 Å². The predicted octanol–water partition coefficient (Wildman–Crippen LogP) is 3.39. The van der Waals surface area contributed by atoms with Crippen LogP contribution in [0.25, 0.3) is 0 Å². The normalized spacial score (nSPS) is 19.8. The van der Waals surface area contributed by atoms with Crippen molar-refractivity contribution in [1.82, 2.24) is 9.97 Å². The van der Waals surface area contributed by atoms with Gasteiger partial charge in [0.05, 0.1) is 5.69 Å². The summed E-state index contributed by atoms with van der Waals surface area (Å²) in [7, 11) is 0. The van der Waals surface area contributed by atoms with Gasteiger partial charge in [0.1, 0.15) is 11.8 Å². The minimum atomic E-state index is -0.307. The number of rotatable bonds is 1. The summed E-state index contributed by atoms with van der Waals surface area (Å²) < 4.78 is 11.6. The minimum absolute atomic E-state index is 0.307. The Kier molecular flexibility index (Phi) is 2.97. The molecule has 4 rings (SSSR count). The number of thioether (sulfide) groups is 1. The van der Waals surface area contributed by atoms with E-state index in [1.54, 1.807) is 11.8 Å². The average Bonchev–Trinajstić information content (AvgIpc) is 2.96. The Bertz CT molecular complexity index is 680. The molecule has 6 heteroatoms. The molecule has 0 aliphatic carbocycles. The molecule has 1 aromatic carbocycles. The third-order valence-corrected chi connectivity index (χ3v) is 4.62. The number of ether oxygens (including phenoxy) is 2. The highest BCUT2D eigenvalue weighted by molar-refractivity contribution is 7.98. The summed E-state index contributed by atoms with van der Waals surface area (Å²) >= 11 is 8.04. The van der Waals surface area contributed by atoms with E-state index in [-0.39, 0.29) is 6.10 Å². The summed E-state index contributed by atoms with van der Waals surface area (Å²) in [5.41, 5.74) is 2.07. The smallest absolute Gasteiger partial charge is 0.192 e. The molecule has 0 saturated heterocycles. The molecule has 0 fully saturated rings. The maximum atomic E-state index is 6.23. The summed E-state index contributed by atoms with van der Waals surface area (Å²) in [6, 6.07) is 7.60. The zero-order valence-corrected chi connectivity index (χ0v) is 12.1. The third kappa shape index (κ3) is 2.01. The molecule has 1 atom stereocenters. The van der Waals surface area contributed by atoms with Crippen LogP contribution in [0.1, 0.15) is 23.2 Å². The number of para-hydroxylation sites is 2. The van der Waals surface area contributed by atoms with Gasteiger partial charge in [-0.15, -0.1) is 0 Å². The molecular weight excluding hydrogens is 296 g/mol. The molecule has 0 radical (unpaired) electrons. The van der Waals surface area contributed by atoms with Crippen molar-refractivity contribution >= 4 is 23.4 Å². The zero-order chi connectivity index (χ0) is 13.5. The second-order valence-corrected chi connectivity index (χ2v) is 6.00. The van der Waals surface area contributed by atoms with Crippen molar-refractivity contribution in [1.29, 1.82) is 0 Å². The first-order valence-electron chi connectivity index (χ1n) is 6.32. The molecule has 0 bridgehead atoms. The number of hydrogen-bond donors (Lipinski definition) is 0. The van der Waals surface area contributed by atoms with Crippen LogP contribution in [0.5, 0.6) is 11.5 Å². The van der Waals surface area contributed by atoms with E-state index in [0.29, 0.717) is 17.6 Å². The van der Waals surface area contributed by atoms with Crippen LogP contribution in [-0.4, -0.2) is 16.6 Å². The monoisotopic (exact) mass is 306 g/mol. The molecule has 1 aromatic heterocycles. The molecule has 4 nitrogen and oxygen atoms in total. The molecule has 2 aliphatic heterocycles. The second kappa shape index (κ2) is 4.82. The summed E-state index contributed by atoms with van der Waals surface area (Å²) in [5.74, 6) is 3.85. The van der Waals surface area contributed by atoms with E-state index in [2.05, 4.69) is 9.97 Å². The van der Waals surface area contributed by atoms with Gasteiger partial charge < -0.3 is 9.47 Å². The summed E-state index contributed by atoms with van der Waals surface area (Å²) in [4.78, 5) is 8.97. The molecule has 0 spiro atoms. The van der Waals surface area contributed by atoms with Crippen LogP contribution >= 0.6 is 23.4 Å². The lowest BCUT2D eigenvalue weighted by Crippen LogP contribution is -2.24. The number of aromatic nitrogens is 2. The molecule has 20 heavy (non-hydrogen) atoms. The van der Waals surface area contributed by atoms with Crippen LogP contribution in [0.15, 0.2) is 24.3 Å². The molecular formula is C14H11ClN2O2S. The molecule has 2 aromatic rings. The summed E-state index contributed by atoms with van der Waals surface area (Å²) in [6.07, 6.45) is -0.307. The van der Waals surface area contributed by atoms with Crippen molar-refractivity contribution in [2.45, 2.75) is 17.6 Å².